The minimum absolute atomic E-state index is 0.0263. The average Bonchev–Trinajstić information content (AvgIpc) is 2.81. The summed E-state index contributed by atoms with van der Waals surface area (Å²) in [5, 5.41) is 0. The van der Waals surface area contributed by atoms with Gasteiger partial charge in [0.05, 0.1) is 0 Å². The number of rotatable bonds is 4. The van der Waals surface area contributed by atoms with Crippen molar-refractivity contribution in [3.8, 4) is 11.3 Å². The van der Waals surface area contributed by atoms with Crippen LogP contribution >= 0.6 is 0 Å². The highest BCUT2D eigenvalue weighted by Gasteiger charge is 2.42. The van der Waals surface area contributed by atoms with Crippen molar-refractivity contribution in [2.24, 2.45) is 5.92 Å². The topological polar surface area (TPSA) is 47.0 Å². The first-order valence-corrected chi connectivity index (χ1v) is 9.13. The Morgan fingerprint density at radius 1 is 1.19 bits per heavy atom. The van der Waals surface area contributed by atoms with Gasteiger partial charge in [-0.05, 0) is 74.6 Å². The molecule has 27 heavy (non-hydrogen) atoms. The van der Waals surface area contributed by atoms with Crippen LogP contribution in [0.5, 0.6) is 0 Å². The third-order valence-corrected chi connectivity index (χ3v) is 5.19. The number of aromatic nitrogens is 1. The third kappa shape index (κ3) is 3.61. The fourth-order valence-electron chi connectivity index (χ4n) is 4.07. The van der Waals surface area contributed by atoms with Gasteiger partial charge < -0.3 is 0 Å². The van der Waals surface area contributed by atoms with E-state index < -0.39 is 5.92 Å². The molecule has 1 aliphatic rings. The highest BCUT2D eigenvalue weighted by Crippen LogP contribution is 2.39. The van der Waals surface area contributed by atoms with Crippen LogP contribution in [0.1, 0.15) is 47.9 Å². The van der Waals surface area contributed by atoms with Crippen molar-refractivity contribution in [2.45, 2.75) is 46.5 Å². The maximum Gasteiger partial charge on any atom is 0.151 e. The van der Waals surface area contributed by atoms with Crippen LogP contribution in [0.2, 0.25) is 0 Å². The number of benzene rings is 1. The Kier molecular flexibility index (Phi) is 5.09. The lowest BCUT2D eigenvalue weighted by atomic mass is 9.85. The molecule has 3 rings (SSSR count). The summed E-state index contributed by atoms with van der Waals surface area (Å²) in [4.78, 5) is 29.7. The van der Waals surface area contributed by atoms with E-state index in [1.165, 1.54) is 6.07 Å². The molecule has 1 heterocycles. The molecule has 3 nitrogen and oxygen atoms in total. The van der Waals surface area contributed by atoms with Crippen LogP contribution < -0.4 is 0 Å². The first-order valence-electron chi connectivity index (χ1n) is 9.13. The van der Waals surface area contributed by atoms with E-state index in [0.717, 1.165) is 27.8 Å². The van der Waals surface area contributed by atoms with Crippen LogP contribution in [0.3, 0.4) is 0 Å². The predicted molar refractivity (Wildman–Crippen MR) is 104 cm³/mol. The lowest BCUT2D eigenvalue weighted by Crippen LogP contribution is -2.18. The molecule has 1 aromatic carbocycles. The van der Waals surface area contributed by atoms with Crippen LogP contribution in [0.15, 0.2) is 36.5 Å². The summed E-state index contributed by atoms with van der Waals surface area (Å²) in [6, 6.07) is 5.08. The molecule has 0 N–H and O–H groups in total. The van der Waals surface area contributed by atoms with E-state index in [4.69, 9.17) is 0 Å². The maximum absolute atomic E-state index is 14.3. The van der Waals surface area contributed by atoms with Gasteiger partial charge in [-0.1, -0.05) is 5.57 Å². The Balaban J connectivity index is 2.02. The van der Waals surface area contributed by atoms with Gasteiger partial charge >= 0.3 is 0 Å². The summed E-state index contributed by atoms with van der Waals surface area (Å²) in [6.07, 6.45) is 2.45. The number of pyridine rings is 1. The van der Waals surface area contributed by atoms with Crippen LogP contribution in [0.4, 0.5) is 4.39 Å². The molecule has 0 bridgehead atoms. The van der Waals surface area contributed by atoms with Gasteiger partial charge in [-0.3, -0.25) is 14.6 Å². The van der Waals surface area contributed by atoms with Gasteiger partial charge in [-0.2, -0.15) is 0 Å². The van der Waals surface area contributed by atoms with Crippen molar-refractivity contribution < 1.29 is 14.0 Å². The summed E-state index contributed by atoms with van der Waals surface area (Å²) in [5.74, 6) is -1.45. The summed E-state index contributed by atoms with van der Waals surface area (Å²) >= 11 is 0. The summed E-state index contributed by atoms with van der Waals surface area (Å²) in [7, 11) is 0. The SMILES string of the molecule is C=C(C)CC1CC(=O)C(c2c(C)cc(-c3ncc(C)cc3F)cc2C)C1=O. The van der Waals surface area contributed by atoms with E-state index >= 15 is 0 Å². The Morgan fingerprint density at radius 3 is 2.37 bits per heavy atom. The van der Waals surface area contributed by atoms with E-state index in [-0.39, 0.29) is 35.4 Å². The van der Waals surface area contributed by atoms with Gasteiger partial charge in [0, 0.05) is 24.1 Å². The van der Waals surface area contributed by atoms with Gasteiger partial charge in [0.15, 0.2) is 5.78 Å². The molecule has 1 aliphatic carbocycles. The summed E-state index contributed by atoms with van der Waals surface area (Å²) in [5.41, 5.74) is 4.98. The van der Waals surface area contributed by atoms with Crippen LogP contribution in [-0.4, -0.2) is 16.6 Å². The second-order valence-electron chi connectivity index (χ2n) is 7.73. The monoisotopic (exact) mass is 365 g/mol. The summed E-state index contributed by atoms with van der Waals surface area (Å²) < 4.78 is 14.3. The Morgan fingerprint density at radius 2 is 1.81 bits per heavy atom. The van der Waals surface area contributed by atoms with Gasteiger partial charge in [0.25, 0.3) is 0 Å². The molecule has 140 valence electrons. The van der Waals surface area contributed by atoms with Crippen molar-refractivity contribution in [3.63, 3.8) is 0 Å². The predicted octanol–water partition coefficient (Wildman–Crippen LogP) is 5.02. The highest BCUT2D eigenvalue weighted by molar-refractivity contribution is 6.15. The quantitative estimate of drug-likeness (QED) is 0.564. The van der Waals surface area contributed by atoms with Gasteiger partial charge in [-0.25, -0.2) is 4.39 Å². The van der Waals surface area contributed by atoms with Crippen molar-refractivity contribution in [3.05, 3.63) is 64.6 Å². The molecule has 1 saturated carbocycles. The van der Waals surface area contributed by atoms with Gasteiger partial charge in [0.1, 0.15) is 23.2 Å². The fourth-order valence-corrected chi connectivity index (χ4v) is 4.07. The molecule has 0 aliphatic heterocycles. The Bertz CT molecular complexity index is 938. The van der Waals surface area contributed by atoms with Crippen molar-refractivity contribution in [1.82, 2.24) is 4.98 Å². The number of carbonyl (C=O) groups excluding carboxylic acids is 2. The number of halogens is 1. The van der Waals surface area contributed by atoms with Crippen molar-refractivity contribution in [1.29, 1.82) is 0 Å². The molecule has 0 amide bonds. The van der Waals surface area contributed by atoms with E-state index in [0.29, 0.717) is 12.0 Å². The first-order chi connectivity index (χ1) is 12.7. The summed E-state index contributed by atoms with van der Waals surface area (Å²) in [6.45, 7) is 11.3. The second kappa shape index (κ2) is 7.18. The van der Waals surface area contributed by atoms with E-state index in [1.807, 2.05) is 32.9 Å². The van der Waals surface area contributed by atoms with Gasteiger partial charge in [-0.15, -0.1) is 6.58 Å². The molecule has 4 heteroatoms. The Labute approximate surface area is 159 Å². The first kappa shape index (κ1) is 19.2. The highest BCUT2D eigenvalue weighted by atomic mass is 19.1. The van der Waals surface area contributed by atoms with Gasteiger partial charge in [0.2, 0.25) is 0 Å². The number of Topliss-reactive ketones (excluding diaryl/α,β-unsaturated/α-hetero) is 2. The average molecular weight is 365 g/mol. The number of nitrogens with zero attached hydrogens (tertiary/aromatic N) is 1. The lowest BCUT2D eigenvalue weighted by Gasteiger charge is -2.17. The minimum Gasteiger partial charge on any atom is -0.298 e. The molecule has 2 atom stereocenters. The zero-order valence-corrected chi connectivity index (χ0v) is 16.2. The zero-order valence-electron chi connectivity index (χ0n) is 16.2. The lowest BCUT2D eigenvalue weighted by molar-refractivity contribution is -0.124. The molecule has 0 radical (unpaired) electrons. The Hall–Kier alpha value is -2.62. The number of ketones is 2. The second-order valence-corrected chi connectivity index (χ2v) is 7.73. The largest absolute Gasteiger partial charge is 0.298 e. The molecular formula is C23H24FNO2. The zero-order chi connectivity index (χ0) is 19.9. The molecule has 1 fully saturated rings. The van der Waals surface area contributed by atoms with E-state index in [1.54, 1.807) is 13.1 Å². The van der Waals surface area contributed by atoms with Crippen LogP contribution in [0.25, 0.3) is 11.3 Å². The molecule has 2 aromatic rings. The van der Waals surface area contributed by atoms with E-state index in [9.17, 15) is 14.0 Å². The number of hydrogen-bond acceptors (Lipinski definition) is 3. The molecule has 0 saturated heterocycles. The molecule has 0 spiro atoms. The molecular weight excluding hydrogens is 341 g/mol. The van der Waals surface area contributed by atoms with Crippen LogP contribution in [0, 0.1) is 32.5 Å². The minimum atomic E-state index is -0.723. The van der Waals surface area contributed by atoms with Crippen LogP contribution in [-0.2, 0) is 9.59 Å². The molecule has 1 aromatic heterocycles. The number of carbonyl (C=O) groups is 2. The number of hydrogen-bond donors (Lipinski definition) is 0. The maximum atomic E-state index is 14.3. The standard InChI is InChI=1S/C23H24FNO2/c1-12(2)6-17-10-19(26)21(23(17)27)20-14(4)8-16(9-15(20)5)22-18(24)7-13(3)11-25-22/h7-9,11,17,21H,1,6,10H2,2-5H3. The third-order valence-electron chi connectivity index (χ3n) is 5.19. The van der Waals surface area contributed by atoms with E-state index in [2.05, 4.69) is 11.6 Å². The number of aryl methyl sites for hydroxylation is 3. The van der Waals surface area contributed by atoms with Crippen molar-refractivity contribution in [2.75, 3.05) is 0 Å². The number of allylic oxidation sites excluding steroid dienone is 1. The van der Waals surface area contributed by atoms with Crippen molar-refractivity contribution >= 4 is 11.6 Å². The normalized spacial score (nSPS) is 19.6. The molecule has 2 unspecified atom stereocenters. The smallest absolute Gasteiger partial charge is 0.151 e. The fraction of sp³-hybridized carbons (Fsp3) is 0.348.